The molecule has 2 aliphatic rings. The van der Waals surface area contributed by atoms with Crippen molar-refractivity contribution in [1.29, 1.82) is 0 Å². The Bertz CT molecular complexity index is 3890. The molecule has 2 saturated heterocycles. The first-order valence-corrected chi connectivity index (χ1v) is 34.0. The number of hydrogen-bond donors (Lipinski definition) is 20. The van der Waals surface area contributed by atoms with E-state index in [1.807, 2.05) is 0 Å². The summed E-state index contributed by atoms with van der Waals surface area (Å²) in [4.78, 5) is 208. The largest absolute Gasteiger partial charge is 0.508 e. The van der Waals surface area contributed by atoms with Crippen LogP contribution in [0.25, 0.3) is 0 Å². The van der Waals surface area contributed by atoms with Gasteiger partial charge >= 0.3 is 5.97 Å². The highest BCUT2D eigenvalue weighted by Gasteiger charge is 2.45. The number of thiol groups is 1. The minimum atomic E-state index is -1.70. The van der Waals surface area contributed by atoms with E-state index in [1.165, 1.54) is 97.5 Å². The molecule has 564 valence electrons. The van der Waals surface area contributed by atoms with Gasteiger partial charge in [0.05, 0.1) is 37.8 Å². The summed E-state index contributed by atoms with van der Waals surface area (Å²) in [5.41, 5.74) is 19.2. The summed E-state index contributed by atoms with van der Waals surface area (Å²) in [5, 5.41) is 71.7. The number of carbonyl (C=O) groups is 14. The van der Waals surface area contributed by atoms with Gasteiger partial charge in [-0.05, 0) is 98.5 Å². The first-order valence-electron chi connectivity index (χ1n) is 33.4. The topological polar surface area (TPSA) is 590 Å². The molecule has 12 atom stereocenters. The van der Waals surface area contributed by atoms with Crippen LogP contribution in [0.1, 0.15) is 79.9 Å². The average Bonchev–Trinajstić information content (AvgIpc) is 1.78. The van der Waals surface area contributed by atoms with Crippen molar-refractivity contribution in [3.63, 3.8) is 0 Å². The van der Waals surface area contributed by atoms with Crippen LogP contribution in [0.4, 0.5) is 0 Å². The van der Waals surface area contributed by atoms with Gasteiger partial charge in [0.25, 0.3) is 0 Å². The lowest BCUT2D eigenvalue weighted by atomic mass is 10.0. The number of nitrogens with zero attached hydrogens (tertiary/aromatic N) is 4. The van der Waals surface area contributed by atoms with E-state index < -0.39 is 187 Å². The van der Waals surface area contributed by atoms with Crippen LogP contribution in [0.5, 0.6) is 17.2 Å². The molecule has 37 nitrogen and oxygen atoms in total. The number of carboxylic acid groups (broad SMARTS) is 1. The van der Waals surface area contributed by atoms with Crippen molar-refractivity contribution in [2.45, 2.75) is 157 Å². The summed E-state index contributed by atoms with van der Waals surface area (Å²) >= 11 is 4.29. The van der Waals surface area contributed by atoms with Crippen molar-refractivity contribution < 1.29 is 92.7 Å². The number of aliphatic hydroxyl groups is 1. The first-order chi connectivity index (χ1) is 50.0. The Labute approximate surface area is 605 Å². The van der Waals surface area contributed by atoms with E-state index in [2.05, 4.69) is 80.4 Å². The number of benzene rings is 3. The number of likely N-dealkylation sites (tertiary alicyclic amines) is 2. The molecule has 13 amide bonds. The minimum Gasteiger partial charge on any atom is -0.508 e. The number of amides is 13. The highest BCUT2D eigenvalue weighted by Crippen LogP contribution is 2.27. The number of nitrogens with two attached hydrogens (primary N) is 3. The highest BCUT2D eigenvalue weighted by molar-refractivity contribution is 7.80. The van der Waals surface area contributed by atoms with Crippen LogP contribution in [0, 0.1) is 0 Å². The summed E-state index contributed by atoms with van der Waals surface area (Å²) in [6, 6.07) is 0.571. The Balaban J connectivity index is 1.06. The van der Waals surface area contributed by atoms with Crippen molar-refractivity contribution in [1.82, 2.24) is 77.6 Å². The number of rotatable bonds is 38. The molecule has 0 aliphatic carbocycles. The Morgan fingerprint density at radius 1 is 0.533 bits per heavy atom. The number of imidazole rings is 2. The van der Waals surface area contributed by atoms with Gasteiger partial charge in [0.15, 0.2) is 6.04 Å². The molecule has 105 heavy (non-hydrogen) atoms. The Morgan fingerprint density at radius 2 is 0.962 bits per heavy atom. The van der Waals surface area contributed by atoms with Gasteiger partial charge in [-0.1, -0.05) is 36.4 Å². The Morgan fingerprint density at radius 3 is 1.42 bits per heavy atom. The zero-order valence-electron chi connectivity index (χ0n) is 56.9. The zero-order valence-corrected chi connectivity index (χ0v) is 57.8. The number of aliphatic carboxylic acids is 1. The molecule has 0 radical (unpaired) electrons. The summed E-state index contributed by atoms with van der Waals surface area (Å²) < 4.78 is 0. The summed E-state index contributed by atoms with van der Waals surface area (Å²) in [6.45, 7) is 0.286. The molecule has 3 aromatic carbocycles. The standard InChI is InChI=1S/C67H86N18O19S/c1-34(86)56(67(103)104)83-64(100)51-4-2-20-84(51)66(102)52-5-3-21-85(52)65(101)49(27-54(70)91)76-55(92)30-73-58(94)45(23-36-8-14-41(88)15-9-36)79-61(97)48(26-39-29-72-33-75-39)81-62(98)47(25-38-28-71-32-74-38)80-59(95)44(18-19-53(69)90)77-63(99)50(31-105)82-60(96)46(24-37-10-16-42(89)17-11-37)78-57(93)43(68)22-35-6-12-40(87)13-7-35/h6-17,28-29,32-34,43-52,56,86-89,105H,2-5,18-27,30-31,68H2,1H3,(H2,69,90)(H2,70,91)(H,71,74)(H,72,75)(H,73,94)(H,76,92)(H,77,99)(H,78,93)(H,79,97)(H,80,95)(H,81,98)(H,82,96)(H,83,100)(H,103,104)/t34-,43+,44+,45+,46+,47+,48+,49+,50+,51+,52+,56+/m1/s1. The predicted molar refractivity (Wildman–Crippen MR) is 371 cm³/mol. The molecule has 2 aliphatic heterocycles. The summed E-state index contributed by atoms with van der Waals surface area (Å²) in [7, 11) is 0. The summed E-state index contributed by atoms with van der Waals surface area (Å²) in [6.07, 6.45) is 1.56. The van der Waals surface area contributed by atoms with Gasteiger partial charge in [0.1, 0.15) is 71.6 Å². The van der Waals surface area contributed by atoms with Gasteiger partial charge in [-0.2, -0.15) is 12.6 Å². The molecule has 22 N–H and O–H groups in total. The van der Waals surface area contributed by atoms with Gasteiger partial charge in [-0.25, -0.2) is 14.8 Å². The fourth-order valence-electron chi connectivity index (χ4n) is 11.7. The van der Waals surface area contributed by atoms with Crippen LogP contribution < -0.4 is 65.1 Å². The molecule has 0 saturated carbocycles. The number of phenolic OH excluding ortho intramolecular Hbond substituents is 3. The third-order valence-electron chi connectivity index (χ3n) is 17.3. The number of aliphatic hydroxyl groups excluding tert-OH is 1. The van der Waals surface area contributed by atoms with Crippen LogP contribution in [0.3, 0.4) is 0 Å². The maximum Gasteiger partial charge on any atom is 0.328 e. The number of aromatic amines is 2. The lowest BCUT2D eigenvalue weighted by Crippen LogP contribution is -2.61. The third-order valence-corrected chi connectivity index (χ3v) is 17.6. The van der Waals surface area contributed by atoms with Gasteiger partial charge in [-0.3, -0.25) is 62.3 Å². The molecule has 7 rings (SSSR count). The van der Waals surface area contributed by atoms with Crippen LogP contribution in [-0.2, 0) is 99.2 Å². The second-order valence-electron chi connectivity index (χ2n) is 25.3. The second kappa shape index (κ2) is 38.6. The maximum atomic E-state index is 14.8. The molecular formula is C67H86N18O19S. The van der Waals surface area contributed by atoms with E-state index in [-0.39, 0.29) is 93.1 Å². The van der Waals surface area contributed by atoms with Crippen molar-refractivity contribution in [2.24, 2.45) is 17.2 Å². The fraction of sp³-hybridized carbons (Fsp3) is 0.433. The van der Waals surface area contributed by atoms with E-state index in [0.29, 0.717) is 23.1 Å². The fourth-order valence-corrected chi connectivity index (χ4v) is 12.0. The highest BCUT2D eigenvalue weighted by atomic mass is 32.1. The van der Waals surface area contributed by atoms with Crippen molar-refractivity contribution in [3.05, 3.63) is 126 Å². The maximum absolute atomic E-state index is 14.8. The average molecular weight is 1480 g/mol. The quantitative estimate of drug-likeness (QED) is 0.0164. The SMILES string of the molecule is C[C@@H](O)[C@H](NC(=O)[C@@H]1CCCN1C(=O)[C@@H]1CCCN1C(=O)[C@H](CC(N)=O)NC(=O)CNC(=O)[C@H](Cc1ccc(O)cc1)NC(=O)[C@H](Cc1cnc[nH]1)NC(=O)[C@H](Cc1cnc[nH]1)NC(=O)[C@H](CCC(N)=O)NC(=O)[C@H](CS)NC(=O)[C@H](Cc1ccc(O)cc1)NC(=O)[C@@H](N)Cc1ccc(O)cc1)C(=O)O. The van der Waals surface area contributed by atoms with Crippen LogP contribution in [0.2, 0.25) is 0 Å². The van der Waals surface area contributed by atoms with Crippen LogP contribution in [0.15, 0.2) is 97.8 Å². The van der Waals surface area contributed by atoms with E-state index in [4.69, 9.17) is 17.2 Å². The second-order valence-corrected chi connectivity index (χ2v) is 25.7. The predicted octanol–water partition coefficient (Wildman–Crippen LogP) is -5.40. The zero-order chi connectivity index (χ0) is 76.6. The minimum absolute atomic E-state index is 0.00398. The molecule has 4 heterocycles. The third kappa shape index (κ3) is 24.2. The van der Waals surface area contributed by atoms with Gasteiger partial charge in [0.2, 0.25) is 76.8 Å². The van der Waals surface area contributed by atoms with E-state index in [9.17, 15) is 92.7 Å². The smallest absolute Gasteiger partial charge is 0.328 e. The van der Waals surface area contributed by atoms with Crippen molar-refractivity contribution >= 4 is 95.4 Å². The number of nitrogens with one attached hydrogen (secondary N) is 11. The molecule has 5 aromatic rings. The lowest BCUT2D eigenvalue weighted by Gasteiger charge is -2.33. The molecule has 38 heteroatoms. The Kier molecular flexibility index (Phi) is 29.6. The van der Waals surface area contributed by atoms with E-state index >= 15 is 0 Å². The molecule has 2 aromatic heterocycles. The number of primary amides is 2. The monoisotopic (exact) mass is 1480 g/mol. The number of aromatic nitrogens is 4. The molecular weight excluding hydrogens is 1390 g/mol. The number of phenols is 3. The number of carboxylic acids is 1. The number of H-pyrrole nitrogens is 2. The van der Waals surface area contributed by atoms with Gasteiger partial charge < -0.3 is 110 Å². The lowest BCUT2D eigenvalue weighted by molar-refractivity contribution is -0.149. The number of carbonyl (C=O) groups excluding carboxylic acids is 13. The Hall–Kier alpha value is -11.7. The molecule has 0 unspecified atom stereocenters. The van der Waals surface area contributed by atoms with Crippen LogP contribution >= 0.6 is 12.6 Å². The van der Waals surface area contributed by atoms with Crippen molar-refractivity contribution in [3.8, 4) is 17.2 Å². The van der Waals surface area contributed by atoms with E-state index in [0.717, 1.165) is 4.90 Å². The summed E-state index contributed by atoms with van der Waals surface area (Å²) in [5.74, 6) is -14.5. The molecule has 0 spiro atoms. The van der Waals surface area contributed by atoms with Crippen molar-refractivity contribution in [2.75, 3.05) is 25.4 Å². The number of hydrogen-bond acceptors (Lipinski definition) is 22. The first kappa shape index (κ1) is 80.6. The molecule has 0 bridgehead atoms. The van der Waals surface area contributed by atoms with Crippen LogP contribution in [-0.4, -0.2) is 236 Å². The van der Waals surface area contributed by atoms with E-state index in [1.54, 1.807) is 12.1 Å². The molecule has 2 fully saturated rings. The number of aromatic hydroxyl groups is 3. The van der Waals surface area contributed by atoms with Gasteiger partial charge in [0, 0.05) is 74.7 Å². The van der Waals surface area contributed by atoms with Gasteiger partial charge in [-0.15, -0.1) is 0 Å². The normalized spacial score (nSPS) is 16.9.